The third-order valence-electron chi connectivity index (χ3n) is 5.11. The summed E-state index contributed by atoms with van der Waals surface area (Å²) in [4.78, 5) is 31.2. The lowest BCUT2D eigenvalue weighted by Crippen LogP contribution is -2.23. The standard InChI is InChI=1S/C24H15NO3/c1-28-15-8-6-7-14(13-15)20-18-11-4-5-12-19(18)25-22-21(20)23(26)16-9-2-3-10-17(16)24(22)27/h2-13H,1H3. The quantitative estimate of drug-likeness (QED) is 0.456. The van der Waals surface area contributed by atoms with Crippen LogP contribution in [0.5, 0.6) is 5.75 Å². The summed E-state index contributed by atoms with van der Waals surface area (Å²) in [6, 6.07) is 22.0. The first-order valence-electron chi connectivity index (χ1n) is 8.94. The molecule has 4 aromatic rings. The summed E-state index contributed by atoms with van der Waals surface area (Å²) in [5.74, 6) is 0.281. The van der Waals surface area contributed by atoms with Crippen LogP contribution in [0.1, 0.15) is 32.0 Å². The van der Waals surface area contributed by atoms with Gasteiger partial charge < -0.3 is 4.74 Å². The number of carbonyl (C=O) groups excluding carboxylic acids is 2. The van der Waals surface area contributed by atoms with Crippen molar-refractivity contribution in [2.24, 2.45) is 0 Å². The zero-order valence-electron chi connectivity index (χ0n) is 15.1. The second-order valence-electron chi connectivity index (χ2n) is 6.66. The van der Waals surface area contributed by atoms with Crippen molar-refractivity contribution in [3.05, 3.63) is 95.2 Å². The Kier molecular flexibility index (Phi) is 3.59. The van der Waals surface area contributed by atoms with E-state index in [-0.39, 0.29) is 17.3 Å². The number of methoxy groups -OCH3 is 1. The van der Waals surface area contributed by atoms with Crippen molar-refractivity contribution in [1.29, 1.82) is 0 Å². The zero-order valence-corrected chi connectivity index (χ0v) is 15.1. The lowest BCUT2D eigenvalue weighted by molar-refractivity contribution is 0.0976. The third-order valence-corrected chi connectivity index (χ3v) is 5.11. The number of carbonyl (C=O) groups is 2. The van der Waals surface area contributed by atoms with Crippen LogP contribution in [0.25, 0.3) is 22.0 Å². The van der Waals surface area contributed by atoms with Gasteiger partial charge in [0.05, 0.1) is 18.2 Å². The number of nitrogens with zero attached hydrogens (tertiary/aromatic N) is 1. The number of benzene rings is 3. The first kappa shape index (κ1) is 16.4. The first-order chi connectivity index (χ1) is 13.7. The third kappa shape index (κ3) is 2.28. The lowest BCUT2D eigenvalue weighted by Gasteiger charge is -2.21. The Balaban J connectivity index is 1.92. The summed E-state index contributed by atoms with van der Waals surface area (Å²) < 4.78 is 5.37. The van der Waals surface area contributed by atoms with E-state index in [0.717, 1.165) is 10.9 Å². The summed E-state index contributed by atoms with van der Waals surface area (Å²) in [7, 11) is 1.60. The van der Waals surface area contributed by atoms with Crippen LogP contribution in [0.4, 0.5) is 0 Å². The number of para-hydroxylation sites is 1. The molecule has 1 aliphatic rings. The molecule has 0 unspecified atom stereocenters. The highest BCUT2D eigenvalue weighted by molar-refractivity contribution is 6.31. The molecule has 1 heterocycles. The normalized spacial score (nSPS) is 12.6. The van der Waals surface area contributed by atoms with E-state index in [1.54, 1.807) is 31.4 Å². The monoisotopic (exact) mass is 365 g/mol. The average Bonchev–Trinajstić information content (AvgIpc) is 2.76. The largest absolute Gasteiger partial charge is 0.497 e. The molecule has 0 N–H and O–H groups in total. The molecule has 4 heteroatoms. The highest BCUT2D eigenvalue weighted by Gasteiger charge is 2.34. The van der Waals surface area contributed by atoms with Crippen molar-refractivity contribution in [3.63, 3.8) is 0 Å². The van der Waals surface area contributed by atoms with E-state index in [4.69, 9.17) is 4.74 Å². The van der Waals surface area contributed by atoms with E-state index in [1.165, 1.54) is 0 Å². The number of ether oxygens (including phenoxy) is 1. The Morgan fingerprint density at radius 2 is 1.46 bits per heavy atom. The van der Waals surface area contributed by atoms with E-state index >= 15 is 0 Å². The van der Waals surface area contributed by atoms with Gasteiger partial charge in [0.15, 0.2) is 5.78 Å². The van der Waals surface area contributed by atoms with Crippen LogP contribution in [0.15, 0.2) is 72.8 Å². The summed E-state index contributed by atoms with van der Waals surface area (Å²) in [6.07, 6.45) is 0. The Labute approximate surface area is 161 Å². The van der Waals surface area contributed by atoms with Gasteiger partial charge in [-0.05, 0) is 23.8 Å². The molecule has 1 aromatic heterocycles. The highest BCUT2D eigenvalue weighted by atomic mass is 16.5. The minimum atomic E-state index is -0.222. The average molecular weight is 365 g/mol. The maximum absolute atomic E-state index is 13.4. The Morgan fingerprint density at radius 3 is 2.25 bits per heavy atom. The minimum Gasteiger partial charge on any atom is -0.497 e. The lowest BCUT2D eigenvalue weighted by atomic mass is 9.82. The topological polar surface area (TPSA) is 56.3 Å². The van der Waals surface area contributed by atoms with Crippen LogP contribution in [0.3, 0.4) is 0 Å². The smallest absolute Gasteiger partial charge is 0.212 e. The van der Waals surface area contributed by atoms with E-state index in [9.17, 15) is 9.59 Å². The molecule has 0 aliphatic heterocycles. The van der Waals surface area contributed by atoms with Gasteiger partial charge in [-0.25, -0.2) is 4.98 Å². The molecule has 0 saturated carbocycles. The molecule has 134 valence electrons. The molecule has 3 aromatic carbocycles. The Hall–Kier alpha value is -3.79. The minimum absolute atomic E-state index is 0.179. The Morgan fingerprint density at radius 1 is 0.750 bits per heavy atom. The molecule has 28 heavy (non-hydrogen) atoms. The summed E-state index contributed by atoms with van der Waals surface area (Å²) >= 11 is 0. The Bertz CT molecular complexity index is 1290. The SMILES string of the molecule is COc1cccc(-c2c3c(nc4ccccc24)C(=O)c2ccccc2C3=O)c1. The van der Waals surface area contributed by atoms with Crippen LogP contribution in [-0.4, -0.2) is 23.7 Å². The van der Waals surface area contributed by atoms with Crippen molar-refractivity contribution in [3.8, 4) is 16.9 Å². The van der Waals surface area contributed by atoms with Crippen LogP contribution in [0, 0.1) is 0 Å². The molecule has 4 nitrogen and oxygen atoms in total. The van der Waals surface area contributed by atoms with Crippen LogP contribution in [-0.2, 0) is 0 Å². The van der Waals surface area contributed by atoms with Crippen molar-refractivity contribution in [1.82, 2.24) is 4.98 Å². The molecule has 0 bridgehead atoms. The number of rotatable bonds is 2. The number of fused-ring (bicyclic) bond motifs is 3. The fourth-order valence-corrected chi connectivity index (χ4v) is 3.82. The van der Waals surface area contributed by atoms with Crippen molar-refractivity contribution < 1.29 is 14.3 Å². The summed E-state index contributed by atoms with van der Waals surface area (Å²) in [6.45, 7) is 0. The number of aromatic nitrogens is 1. The molecule has 0 amide bonds. The molecular formula is C24H15NO3. The predicted molar refractivity (Wildman–Crippen MR) is 107 cm³/mol. The van der Waals surface area contributed by atoms with E-state index in [2.05, 4.69) is 4.98 Å². The molecule has 0 spiro atoms. The van der Waals surface area contributed by atoms with Gasteiger partial charge in [-0.3, -0.25) is 9.59 Å². The van der Waals surface area contributed by atoms with Gasteiger partial charge in [-0.15, -0.1) is 0 Å². The van der Waals surface area contributed by atoms with Gasteiger partial charge in [0.25, 0.3) is 0 Å². The molecule has 1 aliphatic carbocycles. The number of pyridine rings is 1. The van der Waals surface area contributed by atoms with Crippen molar-refractivity contribution in [2.75, 3.05) is 7.11 Å². The van der Waals surface area contributed by atoms with Crippen molar-refractivity contribution >= 4 is 22.5 Å². The van der Waals surface area contributed by atoms with E-state index in [0.29, 0.717) is 33.5 Å². The first-order valence-corrected chi connectivity index (χ1v) is 8.94. The van der Waals surface area contributed by atoms with E-state index in [1.807, 2.05) is 48.5 Å². The van der Waals surface area contributed by atoms with Crippen LogP contribution >= 0.6 is 0 Å². The van der Waals surface area contributed by atoms with Crippen molar-refractivity contribution in [2.45, 2.75) is 0 Å². The maximum Gasteiger partial charge on any atom is 0.212 e. The van der Waals surface area contributed by atoms with Gasteiger partial charge in [0.1, 0.15) is 11.4 Å². The van der Waals surface area contributed by atoms with Gasteiger partial charge in [-0.2, -0.15) is 0 Å². The van der Waals surface area contributed by atoms with Crippen LogP contribution < -0.4 is 4.74 Å². The van der Waals surface area contributed by atoms with Gasteiger partial charge in [-0.1, -0.05) is 54.6 Å². The zero-order chi connectivity index (χ0) is 19.3. The molecule has 0 fully saturated rings. The van der Waals surface area contributed by atoms with Gasteiger partial charge >= 0.3 is 0 Å². The van der Waals surface area contributed by atoms with Gasteiger partial charge in [0, 0.05) is 22.1 Å². The van der Waals surface area contributed by atoms with Gasteiger partial charge in [0.2, 0.25) is 5.78 Å². The highest BCUT2D eigenvalue weighted by Crippen LogP contribution is 2.39. The molecule has 0 radical (unpaired) electrons. The second kappa shape index (κ2) is 6.13. The summed E-state index contributed by atoms with van der Waals surface area (Å²) in [5.41, 5.74) is 3.60. The molecule has 0 atom stereocenters. The fraction of sp³-hybridized carbons (Fsp3) is 0.0417. The number of hydrogen-bond acceptors (Lipinski definition) is 4. The molecule has 5 rings (SSSR count). The second-order valence-corrected chi connectivity index (χ2v) is 6.66. The fourth-order valence-electron chi connectivity index (χ4n) is 3.82. The summed E-state index contributed by atoms with van der Waals surface area (Å²) in [5, 5.41) is 0.829. The predicted octanol–water partition coefficient (Wildman–Crippen LogP) is 4.69. The molecular weight excluding hydrogens is 350 g/mol. The maximum atomic E-state index is 13.4. The number of ketones is 2. The van der Waals surface area contributed by atoms with E-state index < -0.39 is 0 Å². The number of hydrogen-bond donors (Lipinski definition) is 0. The molecule has 0 saturated heterocycles. The van der Waals surface area contributed by atoms with Crippen LogP contribution in [0.2, 0.25) is 0 Å².